The number of nitrogens with two attached hydrogens (primary N) is 1. The third kappa shape index (κ3) is 4.81. The maximum atomic E-state index is 11.0. The number of halogens is 2. The molecule has 1 aromatic rings. The van der Waals surface area contributed by atoms with Gasteiger partial charge in [0.2, 0.25) is 0 Å². The lowest BCUT2D eigenvalue weighted by atomic mass is 10.00. The van der Waals surface area contributed by atoms with Crippen molar-refractivity contribution in [3.8, 4) is 0 Å². The number of hydrogen-bond acceptors (Lipinski definition) is 3. The Morgan fingerprint density at radius 3 is 2.79 bits per heavy atom. The molecule has 0 saturated heterocycles. The van der Waals surface area contributed by atoms with Crippen LogP contribution in [0.25, 0.3) is 0 Å². The maximum Gasteiger partial charge on any atom is 0.405 e. The summed E-state index contributed by atoms with van der Waals surface area (Å²) in [5, 5.41) is 10.6. The highest BCUT2D eigenvalue weighted by Gasteiger charge is 2.28. The molecule has 2 atom stereocenters. The van der Waals surface area contributed by atoms with Gasteiger partial charge in [-0.15, -0.1) is 0 Å². The molecule has 2 unspecified atom stereocenters. The minimum Gasteiger partial charge on any atom is -0.439 e. The van der Waals surface area contributed by atoms with Crippen molar-refractivity contribution in [1.82, 2.24) is 0 Å². The van der Waals surface area contributed by atoms with Crippen LogP contribution in [-0.4, -0.2) is 17.3 Å². The third-order valence-electron chi connectivity index (χ3n) is 2.73. The minimum absolute atomic E-state index is 0.452. The Morgan fingerprint density at radius 1 is 1.58 bits per heavy atom. The Hall–Kier alpha value is -0.530. The van der Waals surface area contributed by atoms with Gasteiger partial charge in [0.1, 0.15) is 0 Å². The number of aliphatic hydroxyl groups is 1. The first kappa shape index (κ1) is 16.5. The first-order chi connectivity index (χ1) is 8.97. The topological polar surface area (TPSA) is 72.6 Å². The number of rotatable bonds is 6. The van der Waals surface area contributed by atoms with Crippen molar-refractivity contribution in [1.29, 1.82) is 0 Å². The summed E-state index contributed by atoms with van der Waals surface area (Å²) in [6.45, 7) is 2.02. The number of aliphatic hydroxyl groups excluding tert-OH is 1. The van der Waals surface area contributed by atoms with Gasteiger partial charge >= 0.3 is 6.09 Å². The highest BCUT2D eigenvalue weighted by Crippen LogP contribution is 2.33. The molecule has 4 nitrogen and oxygen atoms in total. The smallest absolute Gasteiger partial charge is 0.405 e. The van der Waals surface area contributed by atoms with E-state index in [4.69, 9.17) is 22.1 Å². The Kier molecular flexibility index (Phi) is 6.88. The molecule has 0 aliphatic rings. The Balaban J connectivity index is 3.05. The Bertz CT molecular complexity index is 422. The van der Waals surface area contributed by atoms with Crippen LogP contribution in [0.1, 0.15) is 37.9 Å². The summed E-state index contributed by atoms with van der Waals surface area (Å²) in [5.74, 6) is 0. The van der Waals surface area contributed by atoms with Crippen molar-refractivity contribution in [2.45, 2.75) is 38.4 Å². The van der Waals surface area contributed by atoms with Gasteiger partial charge in [0.25, 0.3) is 0 Å². The number of amides is 1. The minimum atomic E-state index is -0.920. The molecule has 0 aromatic heterocycles. The molecule has 3 N–H and O–H groups in total. The van der Waals surface area contributed by atoms with E-state index in [-0.39, 0.29) is 0 Å². The fraction of sp³-hybridized carbons (Fsp3) is 0.462. The number of benzene rings is 1. The lowest BCUT2D eigenvalue weighted by Gasteiger charge is -2.24. The quantitative estimate of drug-likeness (QED) is 0.720. The molecule has 1 rings (SSSR count). The maximum absolute atomic E-state index is 11.0. The van der Waals surface area contributed by atoms with Gasteiger partial charge in [0.05, 0.1) is 6.10 Å². The molecule has 0 saturated carbocycles. The molecule has 0 fully saturated rings. The second-order valence-electron chi connectivity index (χ2n) is 4.20. The van der Waals surface area contributed by atoms with Crippen molar-refractivity contribution in [3.05, 3.63) is 32.4 Å². The summed E-state index contributed by atoms with van der Waals surface area (Å²) in [7, 11) is 0. The van der Waals surface area contributed by atoms with Gasteiger partial charge in [0, 0.05) is 14.2 Å². The average Bonchev–Trinajstić information content (AvgIpc) is 2.34. The summed E-state index contributed by atoms with van der Waals surface area (Å²) in [6.07, 6.45) is -0.266. The molecule has 0 bridgehead atoms. The van der Waals surface area contributed by atoms with Gasteiger partial charge in [-0.1, -0.05) is 37.4 Å². The monoisotopic (exact) mass is 397 g/mol. The van der Waals surface area contributed by atoms with Crippen LogP contribution in [0.3, 0.4) is 0 Å². The normalized spacial score (nSPS) is 13.9. The van der Waals surface area contributed by atoms with Crippen LogP contribution in [0.2, 0.25) is 5.02 Å². The van der Waals surface area contributed by atoms with Gasteiger partial charge in [-0.25, -0.2) is 4.79 Å². The van der Waals surface area contributed by atoms with Crippen molar-refractivity contribution >= 4 is 40.3 Å². The Morgan fingerprint density at radius 2 is 2.26 bits per heavy atom. The van der Waals surface area contributed by atoms with Crippen LogP contribution >= 0.6 is 34.2 Å². The standard InChI is InChI=1S/C13H17ClINO3/c1-2-3-7-10(17)12(19-13(16)18)11-8(14)5-4-6-9(11)15/h4-6,10,12,17H,2-3,7H2,1H3,(H2,16,18). The molecular weight excluding hydrogens is 381 g/mol. The van der Waals surface area contributed by atoms with Crippen LogP contribution in [-0.2, 0) is 4.74 Å². The highest BCUT2D eigenvalue weighted by molar-refractivity contribution is 14.1. The first-order valence-corrected chi connectivity index (χ1v) is 7.51. The molecular formula is C13H17ClINO3. The first-order valence-electron chi connectivity index (χ1n) is 6.05. The number of carbonyl (C=O) groups is 1. The molecule has 19 heavy (non-hydrogen) atoms. The molecule has 0 aliphatic heterocycles. The second-order valence-corrected chi connectivity index (χ2v) is 5.77. The average molecular weight is 398 g/mol. The summed E-state index contributed by atoms with van der Waals surface area (Å²) in [6, 6.07) is 5.34. The van der Waals surface area contributed by atoms with Gasteiger partial charge in [-0.05, 0) is 41.1 Å². The fourth-order valence-corrected chi connectivity index (χ4v) is 3.05. The molecule has 1 amide bonds. The van der Waals surface area contributed by atoms with Crippen LogP contribution in [0.4, 0.5) is 4.79 Å². The largest absolute Gasteiger partial charge is 0.439 e. The molecule has 1 aromatic carbocycles. The second kappa shape index (κ2) is 7.91. The van der Waals surface area contributed by atoms with Crippen LogP contribution in [0.5, 0.6) is 0 Å². The fourth-order valence-electron chi connectivity index (χ4n) is 1.80. The van der Waals surface area contributed by atoms with Crippen molar-refractivity contribution in [3.63, 3.8) is 0 Å². The van der Waals surface area contributed by atoms with Crippen LogP contribution in [0, 0.1) is 3.57 Å². The number of primary amides is 1. The molecule has 0 heterocycles. The van der Waals surface area contributed by atoms with E-state index >= 15 is 0 Å². The lowest BCUT2D eigenvalue weighted by Crippen LogP contribution is -2.27. The zero-order valence-corrected chi connectivity index (χ0v) is 13.5. The zero-order valence-electron chi connectivity index (χ0n) is 10.6. The van der Waals surface area contributed by atoms with E-state index in [1.807, 2.05) is 13.0 Å². The SMILES string of the molecule is CCCCC(O)C(OC(N)=O)c1c(Cl)cccc1I. The van der Waals surface area contributed by atoms with Crippen molar-refractivity contribution < 1.29 is 14.6 Å². The van der Waals surface area contributed by atoms with E-state index in [9.17, 15) is 9.90 Å². The van der Waals surface area contributed by atoms with Gasteiger partial charge in [-0.3, -0.25) is 0 Å². The lowest BCUT2D eigenvalue weighted by molar-refractivity contribution is -0.000454. The van der Waals surface area contributed by atoms with E-state index in [0.717, 1.165) is 16.4 Å². The van der Waals surface area contributed by atoms with Crippen molar-refractivity contribution in [2.24, 2.45) is 5.73 Å². The summed E-state index contributed by atoms with van der Waals surface area (Å²) in [4.78, 5) is 11.0. The van der Waals surface area contributed by atoms with Crippen molar-refractivity contribution in [2.75, 3.05) is 0 Å². The van der Waals surface area contributed by atoms with E-state index in [2.05, 4.69) is 22.6 Å². The van der Waals surface area contributed by atoms with Crippen LogP contribution < -0.4 is 5.73 Å². The third-order valence-corrected chi connectivity index (χ3v) is 4.00. The van der Waals surface area contributed by atoms with Crippen LogP contribution in [0.15, 0.2) is 18.2 Å². The van der Waals surface area contributed by atoms with E-state index in [1.54, 1.807) is 12.1 Å². The molecule has 106 valence electrons. The summed E-state index contributed by atoms with van der Waals surface area (Å²) in [5.41, 5.74) is 5.68. The molecule has 0 aliphatic carbocycles. The number of ether oxygens (including phenoxy) is 1. The summed E-state index contributed by atoms with van der Waals surface area (Å²) >= 11 is 8.23. The number of carbonyl (C=O) groups excluding carboxylic acids is 1. The summed E-state index contributed by atoms with van der Waals surface area (Å²) < 4.78 is 5.88. The van der Waals surface area contributed by atoms with E-state index in [0.29, 0.717) is 17.0 Å². The number of unbranched alkanes of at least 4 members (excludes halogenated alkanes) is 1. The zero-order chi connectivity index (χ0) is 14.4. The predicted molar refractivity (Wildman–Crippen MR) is 83.1 cm³/mol. The van der Waals surface area contributed by atoms with Gasteiger partial charge in [0.15, 0.2) is 6.10 Å². The highest BCUT2D eigenvalue weighted by atomic mass is 127. The molecule has 6 heteroatoms. The van der Waals surface area contributed by atoms with E-state index in [1.165, 1.54) is 0 Å². The number of hydrogen-bond donors (Lipinski definition) is 2. The van der Waals surface area contributed by atoms with E-state index < -0.39 is 18.3 Å². The Labute approximate surface area is 131 Å². The predicted octanol–water partition coefficient (Wildman–Crippen LogP) is 3.63. The van der Waals surface area contributed by atoms with Gasteiger partial charge < -0.3 is 15.6 Å². The molecule has 0 radical (unpaired) electrons. The van der Waals surface area contributed by atoms with Gasteiger partial charge in [-0.2, -0.15) is 0 Å². The molecule has 0 spiro atoms.